The first-order valence-electron chi connectivity index (χ1n) is 19.4. The van der Waals surface area contributed by atoms with Crippen molar-refractivity contribution >= 4 is 60.8 Å². The van der Waals surface area contributed by atoms with Crippen LogP contribution in [0.2, 0.25) is 0 Å². The molecular weight excluding hydrogens is 693 g/mol. The highest BCUT2D eigenvalue weighted by Gasteiger charge is 2.22. The van der Waals surface area contributed by atoms with Crippen LogP contribution in [0.3, 0.4) is 0 Å². The Hall–Kier alpha value is -7.62. The van der Waals surface area contributed by atoms with E-state index in [4.69, 9.17) is 4.42 Å². The van der Waals surface area contributed by atoms with E-state index in [1.807, 2.05) is 12.1 Å². The van der Waals surface area contributed by atoms with E-state index in [0.717, 1.165) is 66.9 Å². The minimum Gasteiger partial charge on any atom is -0.455 e. The molecule has 268 valence electrons. The minimum atomic E-state index is 0.895. The Bertz CT molecular complexity index is 3190. The van der Waals surface area contributed by atoms with Gasteiger partial charge in [-0.1, -0.05) is 164 Å². The highest BCUT2D eigenvalue weighted by molar-refractivity contribution is 6.11. The second kappa shape index (κ2) is 13.6. The average Bonchev–Trinajstić information content (AvgIpc) is 3.83. The molecule has 0 spiro atoms. The van der Waals surface area contributed by atoms with Crippen LogP contribution in [0.15, 0.2) is 223 Å². The smallest absolute Gasteiger partial charge is 0.143 e. The number of aromatic nitrogens is 1. The van der Waals surface area contributed by atoms with E-state index in [1.165, 1.54) is 32.9 Å². The predicted octanol–water partition coefficient (Wildman–Crippen LogP) is 15.2. The van der Waals surface area contributed by atoms with Crippen molar-refractivity contribution in [1.29, 1.82) is 0 Å². The molecule has 0 aliphatic rings. The van der Waals surface area contributed by atoms with Crippen molar-refractivity contribution in [3.63, 3.8) is 0 Å². The quantitative estimate of drug-likeness (QED) is 0.163. The van der Waals surface area contributed by atoms with Gasteiger partial charge in [-0.15, -0.1) is 0 Å². The predicted molar refractivity (Wildman–Crippen MR) is 239 cm³/mol. The van der Waals surface area contributed by atoms with Gasteiger partial charge in [0, 0.05) is 49.6 Å². The van der Waals surface area contributed by atoms with Gasteiger partial charge in [0.1, 0.15) is 11.2 Å². The molecule has 3 heteroatoms. The Morgan fingerprint density at radius 2 is 0.912 bits per heavy atom. The number of hydrogen-bond acceptors (Lipinski definition) is 2. The number of anilines is 3. The van der Waals surface area contributed by atoms with Crippen molar-refractivity contribution in [3.05, 3.63) is 218 Å². The molecule has 3 nitrogen and oxygen atoms in total. The summed E-state index contributed by atoms with van der Waals surface area (Å²) in [6.45, 7) is 0. The van der Waals surface area contributed by atoms with Crippen LogP contribution < -0.4 is 4.90 Å². The molecule has 2 aromatic heterocycles. The van der Waals surface area contributed by atoms with E-state index in [-0.39, 0.29) is 0 Å². The second-order valence-corrected chi connectivity index (χ2v) is 14.5. The fourth-order valence-corrected chi connectivity index (χ4v) is 8.62. The van der Waals surface area contributed by atoms with Crippen molar-refractivity contribution in [2.45, 2.75) is 0 Å². The number of fused-ring (bicyclic) bond motifs is 6. The van der Waals surface area contributed by atoms with Crippen LogP contribution in [0, 0.1) is 0 Å². The van der Waals surface area contributed by atoms with Gasteiger partial charge in [-0.2, -0.15) is 0 Å². The maximum absolute atomic E-state index is 6.53. The number of benzene rings is 9. The van der Waals surface area contributed by atoms with Crippen LogP contribution >= 0.6 is 0 Å². The molecule has 11 rings (SSSR count). The Kier molecular flexibility index (Phi) is 7.82. The van der Waals surface area contributed by atoms with Gasteiger partial charge in [0.15, 0.2) is 0 Å². The summed E-state index contributed by atoms with van der Waals surface area (Å²) in [5.41, 5.74) is 15.3. The van der Waals surface area contributed by atoms with Gasteiger partial charge < -0.3 is 13.9 Å². The fourth-order valence-electron chi connectivity index (χ4n) is 8.62. The van der Waals surface area contributed by atoms with Crippen LogP contribution in [0.5, 0.6) is 0 Å². The monoisotopic (exact) mass is 728 g/mol. The molecule has 0 bridgehead atoms. The van der Waals surface area contributed by atoms with Crippen LogP contribution in [0.1, 0.15) is 0 Å². The Labute approximate surface area is 330 Å². The first kappa shape index (κ1) is 32.8. The summed E-state index contributed by atoms with van der Waals surface area (Å²) in [7, 11) is 0. The van der Waals surface area contributed by atoms with Gasteiger partial charge in [-0.25, -0.2) is 0 Å². The molecule has 0 aliphatic heterocycles. The Morgan fingerprint density at radius 1 is 0.351 bits per heavy atom. The largest absolute Gasteiger partial charge is 0.455 e. The Balaban J connectivity index is 1.12. The second-order valence-electron chi connectivity index (χ2n) is 14.5. The van der Waals surface area contributed by atoms with E-state index in [1.54, 1.807) is 0 Å². The topological polar surface area (TPSA) is 21.3 Å². The first-order valence-corrected chi connectivity index (χ1v) is 19.4. The van der Waals surface area contributed by atoms with Crippen molar-refractivity contribution in [3.8, 4) is 39.1 Å². The van der Waals surface area contributed by atoms with E-state index in [2.05, 4.69) is 216 Å². The minimum absolute atomic E-state index is 0.895. The number of nitrogens with zero attached hydrogens (tertiary/aromatic N) is 2. The van der Waals surface area contributed by atoms with Crippen molar-refractivity contribution in [2.75, 3.05) is 4.90 Å². The summed E-state index contributed by atoms with van der Waals surface area (Å²) in [4.78, 5) is 2.40. The van der Waals surface area contributed by atoms with Crippen molar-refractivity contribution in [1.82, 2.24) is 4.57 Å². The molecule has 0 saturated carbocycles. The molecule has 0 atom stereocenters. The molecule has 0 N–H and O–H groups in total. The molecule has 57 heavy (non-hydrogen) atoms. The zero-order valence-electron chi connectivity index (χ0n) is 31.1. The summed E-state index contributed by atoms with van der Waals surface area (Å²) in [5, 5.41) is 4.73. The molecule has 0 unspecified atom stereocenters. The zero-order chi connectivity index (χ0) is 37.7. The number of furan rings is 1. The van der Waals surface area contributed by atoms with Crippen LogP contribution in [-0.4, -0.2) is 4.57 Å². The van der Waals surface area contributed by atoms with Gasteiger partial charge in [-0.05, 0) is 71.3 Å². The third-order valence-corrected chi connectivity index (χ3v) is 11.2. The third kappa shape index (κ3) is 5.51. The average molecular weight is 729 g/mol. The lowest BCUT2D eigenvalue weighted by Gasteiger charge is -2.29. The molecule has 0 aliphatic carbocycles. The van der Waals surface area contributed by atoms with Crippen molar-refractivity contribution < 1.29 is 4.42 Å². The molecule has 9 aromatic carbocycles. The van der Waals surface area contributed by atoms with Crippen LogP contribution in [-0.2, 0) is 0 Å². The van der Waals surface area contributed by atoms with E-state index >= 15 is 0 Å². The molecule has 2 heterocycles. The molecule has 0 amide bonds. The summed E-state index contributed by atoms with van der Waals surface area (Å²) in [5.74, 6) is 0. The molecule has 0 radical (unpaired) electrons. The number of hydrogen-bond donors (Lipinski definition) is 0. The van der Waals surface area contributed by atoms with Gasteiger partial charge in [0.05, 0.1) is 22.4 Å². The van der Waals surface area contributed by atoms with Gasteiger partial charge in [0.25, 0.3) is 0 Å². The summed E-state index contributed by atoms with van der Waals surface area (Å²) < 4.78 is 8.95. The zero-order valence-corrected chi connectivity index (χ0v) is 31.1. The summed E-state index contributed by atoms with van der Waals surface area (Å²) in [6.07, 6.45) is 0. The van der Waals surface area contributed by atoms with Gasteiger partial charge in [-0.3, -0.25) is 0 Å². The van der Waals surface area contributed by atoms with E-state index in [9.17, 15) is 0 Å². The lowest BCUT2D eigenvalue weighted by atomic mass is 9.98. The lowest BCUT2D eigenvalue weighted by Crippen LogP contribution is -2.11. The SMILES string of the molecule is c1ccc(-c2ccc(N(c3cccc(-c4cccc5c4oc4ccccc45)c3)c3ccccc3-c3ccccc3-n3c4ccccc4c4ccccc43)cc2)cc1. The standard InChI is InChI=1S/C54H36N2O/c1-2-16-37(17-3-1)38-32-34-40(35-33-38)55(41-19-14-18-39(36-41)42-25-15-26-48-47-24-8-13-31-53(47)57-54(42)48)49-27-9-4-20-43(49)44-21-5-10-28-50(44)56-51-29-11-6-22-45(51)46-23-7-12-30-52(46)56/h1-36H. The molecule has 0 fully saturated rings. The first-order chi connectivity index (χ1) is 28.3. The summed E-state index contributed by atoms with van der Waals surface area (Å²) in [6, 6.07) is 78.1. The van der Waals surface area contributed by atoms with Gasteiger partial charge >= 0.3 is 0 Å². The lowest BCUT2D eigenvalue weighted by molar-refractivity contribution is 0.670. The molecule has 0 saturated heterocycles. The highest BCUT2D eigenvalue weighted by atomic mass is 16.3. The van der Waals surface area contributed by atoms with Crippen molar-refractivity contribution in [2.24, 2.45) is 0 Å². The third-order valence-electron chi connectivity index (χ3n) is 11.2. The van der Waals surface area contributed by atoms with E-state index < -0.39 is 0 Å². The van der Waals surface area contributed by atoms with Gasteiger partial charge in [0.2, 0.25) is 0 Å². The number of para-hydroxylation sites is 6. The molecule has 11 aromatic rings. The van der Waals surface area contributed by atoms with Crippen LogP contribution in [0.25, 0.3) is 82.8 Å². The molecular formula is C54H36N2O. The maximum atomic E-state index is 6.53. The number of rotatable bonds is 7. The Morgan fingerprint density at radius 3 is 1.70 bits per heavy atom. The van der Waals surface area contributed by atoms with E-state index in [0.29, 0.717) is 0 Å². The normalized spacial score (nSPS) is 11.5. The fraction of sp³-hybridized carbons (Fsp3) is 0. The summed E-state index contributed by atoms with van der Waals surface area (Å²) >= 11 is 0. The van der Waals surface area contributed by atoms with Crippen LogP contribution in [0.4, 0.5) is 17.1 Å². The highest BCUT2D eigenvalue weighted by Crippen LogP contribution is 2.45. The maximum Gasteiger partial charge on any atom is 0.143 e.